The Labute approximate surface area is 193 Å². The van der Waals surface area contributed by atoms with Crippen molar-refractivity contribution < 1.29 is 34.9 Å². The lowest BCUT2D eigenvalue weighted by Gasteiger charge is -2.29. The van der Waals surface area contributed by atoms with Crippen molar-refractivity contribution >= 4 is 35.2 Å². The third-order valence-corrected chi connectivity index (χ3v) is 5.23. The van der Waals surface area contributed by atoms with Crippen LogP contribution in [-0.2, 0) is 33.3 Å². The van der Waals surface area contributed by atoms with E-state index in [2.05, 4.69) is 0 Å². The van der Waals surface area contributed by atoms with Crippen molar-refractivity contribution in [2.75, 3.05) is 0 Å². The van der Waals surface area contributed by atoms with Crippen LogP contribution in [0.4, 0.5) is 8.78 Å². The van der Waals surface area contributed by atoms with Gasteiger partial charge in [0, 0.05) is 37.0 Å². The summed E-state index contributed by atoms with van der Waals surface area (Å²) >= 11 is 5.68. The van der Waals surface area contributed by atoms with Gasteiger partial charge in [0.05, 0.1) is 4.11 Å². The van der Waals surface area contributed by atoms with Crippen LogP contribution in [-0.4, -0.2) is 34.5 Å². The van der Waals surface area contributed by atoms with E-state index in [1.54, 1.807) is 0 Å². The predicted molar refractivity (Wildman–Crippen MR) is 110 cm³/mol. The molecule has 0 saturated carbocycles. The lowest BCUT2D eigenvalue weighted by Crippen LogP contribution is -2.52. The molecule has 2 heterocycles. The molecule has 2 aliphatic heterocycles. The molecule has 32 heavy (non-hydrogen) atoms. The molecule has 2 aliphatic rings. The molecule has 0 radical (unpaired) electrons. The maximum absolute atomic E-state index is 14.8. The Morgan fingerprint density at radius 1 is 1.31 bits per heavy atom. The highest BCUT2D eigenvalue weighted by Gasteiger charge is 2.41. The molecule has 1 saturated heterocycles. The van der Waals surface area contributed by atoms with Gasteiger partial charge in [-0.15, -0.1) is 0 Å². The third kappa shape index (κ3) is 4.08. The van der Waals surface area contributed by atoms with Crippen molar-refractivity contribution in [2.45, 2.75) is 37.8 Å². The number of carbonyl (C=O) groups excluding carboxylic acids is 4. The van der Waals surface area contributed by atoms with Crippen LogP contribution in [0.3, 0.4) is 0 Å². The second kappa shape index (κ2) is 8.31. The number of hydrogen-bond donors (Lipinski definition) is 2. The molecule has 2 N–H and O–H groups in total. The standard InChI is InChI=1S/C22H18ClF2N3O4/c23-15-4-2-14(3-5-15)22(24,25)21(32)26-10-12-1-6-16-13(9-12)11-28(20(16)31)17-7-8-18(29)27-19(17)30/h1-6,9,17H,7-8,10-11H2,(H,26,32)(H,27,29,30)/i8D,10D2,17D/hD. The van der Waals surface area contributed by atoms with Gasteiger partial charge in [0.25, 0.3) is 11.8 Å². The molecule has 2 aromatic carbocycles. The molecule has 2 aromatic rings. The number of alkyl halides is 2. The first-order chi connectivity index (χ1) is 17.1. The van der Waals surface area contributed by atoms with E-state index in [0.29, 0.717) is 0 Å². The second-order valence-corrected chi connectivity index (χ2v) is 7.48. The van der Waals surface area contributed by atoms with Crippen molar-refractivity contribution in [2.24, 2.45) is 0 Å². The van der Waals surface area contributed by atoms with E-state index in [9.17, 15) is 28.0 Å². The zero-order valence-electron chi connectivity index (χ0n) is 21.2. The Morgan fingerprint density at radius 3 is 2.75 bits per heavy atom. The monoisotopic (exact) mass is 466 g/mol. The van der Waals surface area contributed by atoms with Crippen LogP contribution in [0.5, 0.6) is 0 Å². The Hall–Kier alpha value is -3.33. The number of nitrogens with zero attached hydrogens (tertiary/aromatic N) is 1. The van der Waals surface area contributed by atoms with Crippen molar-refractivity contribution in [1.82, 2.24) is 15.5 Å². The molecule has 2 atom stereocenters. The highest BCUT2D eigenvalue weighted by molar-refractivity contribution is 6.30. The average molecular weight is 467 g/mol. The molecule has 10 heteroatoms. The van der Waals surface area contributed by atoms with Gasteiger partial charge in [0.15, 0.2) is 1.41 Å². The highest BCUT2D eigenvalue weighted by Crippen LogP contribution is 2.30. The number of hydrogen-bond acceptors (Lipinski definition) is 4. The topological polar surface area (TPSA) is 95.6 Å². The normalized spacial score (nSPS) is 25.7. The summed E-state index contributed by atoms with van der Waals surface area (Å²) in [5.74, 6) is -9.18. The van der Waals surface area contributed by atoms with E-state index in [1.807, 2.05) is 5.32 Å². The first-order valence-electron chi connectivity index (χ1n) is 11.8. The van der Waals surface area contributed by atoms with Crippen LogP contribution in [0.2, 0.25) is 6.43 Å². The van der Waals surface area contributed by atoms with E-state index < -0.39 is 71.3 Å². The van der Waals surface area contributed by atoms with Gasteiger partial charge in [-0.2, -0.15) is 8.78 Å². The van der Waals surface area contributed by atoms with Gasteiger partial charge in [0.2, 0.25) is 11.8 Å². The summed E-state index contributed by atoms with van der Waals surface area (Å²) in [5, 5.41) is 1.53. The lowest BCUT2D eigenvalue weighted by atomic mass is 10.0. The molecule has 1 fully saturated rings. The number of rotatable bonds is 5. The zero-order valence-corrected chi connectivity index (χ0v) is 17.0. The van der Waals surface area contributed by atoms with Crippen molar-refractivity contribution in [3.8, 4) is 0 Å². The average Bonchev–Trinajstić information content (AvgIpc) is 3.18. The minimum absolute atomic E-state index is 0.0215. The number of nitrogens with one attached hydrogen (secondary N) is 2. The van der Waals surface area contributed by atoms with E-state index in [4.69, 9.17) is 18.5 Å². The van der Waals surface area contributed by atoms with E-state index in [0.717, 1.165) is 47.4 Å². The fourth-order valence-electron chi connectivity index (χ4n) is 3.33. The van der Waals surface area contributed by atoms with Gasteiger partial charge >= 0.3 is 5.92 Å². The highest BCUT2D eigenvalue weighted by atomic mass is 35.5. The smallest absolute Gasteiger partial charge is 0.346 e. The van der Waals surface area contributed by atoms with E-state index in [1.165, 1.54) is 0 Å². The maximum atomic E-state index is 14.8. The van der Waals surface area contributed by atoms with Crippen LogP contribution in [0, 0.1) is 0 Å². The Morgan fingerprint density at radius 2 is 2.03 bits per heavy atom. The van der Waals surface area contributed by atoms with Crippen LogP contribution >= 0.6 is 11.6 Å². The molecular formula is C22H18ClF2N3O4. The number of carbonyl (C=O) groups is 4. The van der Waals surface area contributed by atoms with E-state index in [-0.39, 0.29) is 22.7 Å². The molecule has 2 unspecified atom stereocenters. The minimum Gasteiger partial charge on any atom is -0.346 e. The van der Waals surface area contributed by atoms with E-state index >= 15 is 0 Å². The number of fused-ring (bicyclic) bond motifs is 1. The van der Waals surface area contributed by atoms with Crippen LogP contribution < -0.4 is 10.6 Å². The Kier molecular flexibility index (Phi) is 4.24. The number of piperidine rings is 1. The van der Waals surface area contributed by atoms with Crippen molar-refractivity contribution in [3.05, 3.63) is 69.7 Å². The maximum Gasteiger partial charge on any atom is 0.349 e. The number of benzene rings is 2. The van der Waals surface area contributed by atoms with Crippen molar-refractivity contribution in [1.29, 1.82) is 0 Å². The molecule has 0 aliphatic carbocycles. The Balaban J connectivity index is 1.61. The summed E-state index contributed by atoms with van der Waals surface area (Å²) in [6.45, 7) is -3.46. The molecule has 0 bridgehead atoms. The molecule has 4 rings (SSSR count). The zero-order chi connectivity index (χ0) is 27.5. The number of imide groups is 1. The van der Waals surface area contributed by atoms with Crippen LogP contribution in [0.15, 0.2) is 42.5 Å². The second-order valence-electron chi connectivity index (χ2n) is 7.05. The molecule has 0 aromatic heterocycles. The molecule has 166 valence electrons. The van der Waals surface area contributed by atoms with Gasteiger partial charge in [-0.1, -0.05) is 35.9 Å². The van der Waals surface area contributed by atoms with Gasteiger partial charge in [0.1, 0.15) is 6.02 Å². The van der Waals surface area contributed by atoms with Gasteiger partial charge in [-0.25, -0.2) is 0 Å². The van der Waals surface area contributed by atoms with Crippen LogP contribution in [0.25, 0.3) is 0 Å². The summed E-state index contributed by atoms with van der Waals surface area (Å²) in [6.07, 6.45) is -2.05. The summed E-state index contributed by atoms with van der Waals surface area (Å²) in [6, 6.07) is 4.96. The third-order valence-electron chi connectivity index (χ3n) is 4.98. The quantitative estimate of drug-likeness (QED) is 0.662. The van der Waals surface area contributed by atoms with Crippen LogP contribution in [0.1, 0.15) is 45.3 Å². The summed E-state index contributed by atoms with van der Waals surface area (Å²) in [4.78, 5) is 50.2. The Bertz CT molecular complexity index is 1330. The summed E-state index contributed by atoms with van der Waals surface area (Å²) < 4.78 is 70.1. The number of halogens is 3. The molecule has 7 nitrogen and oxygen atoms in total. The molecular weight excluding hydrogens is 444 g/mol. The number of amides is 4. The summed E-state index contributed by atoms with van der Waals surface area (Å²) in [5.41, 5.74) is -1.11. The minimum atomic E-state index is -4.25. The molecule has 4 amide bonds. The fraction of sp³-hybridized carbons (Fsp3) is 0.273. The molecule has 0 spiro atoms. The largest absolute Gasteiger partial charge is 0.349 e. The lowest BCUT2D eigenvalue weighted by molar-refractivity contribution is -0.147. The SMILES string of the molecule is [2H]C1CC([2H])(N2Cc3cc(C([2H])([2H])N([2H])C(=O)C(F)(F)c4ccc(Cl)cc4)ccc3C2=O)C(=O)NC1=O. The predicted octanol–water partition coefficient (Wildman–Crippen LogP) is 2.51. The fourth-order valence-corrected chi connectivity index (χ4v) is 3.45. The van der Waals surface area contributed by atoms with Crippen molar-refractivity contribution in [3.63, 3.8) is 0 Å². The van der Waals surface area contributed by atoms with Gasteiger partial charge < -0.3 is 10.2 Å². The van der Waals surface area contributed by atoms with Gasteiger partial charge in [-0.05, 0) is 35.7 Å². The summed E-state index contributed by atoms with van der Waals surface area (Å²) in [7, 11) is 0. The van der Waals surface area contributed by atoms with Gasteiger partial charge in [-0.3, -0.25) is 24.5 Å². The first kappa shape index (κ1) is 16.3. The first-order valence-corrected chi connectivity index (χ1v) is 9.69.